The average molecular weight is 205 g/mol. The van der Waals surface area contributed by atoms with E-state index in [0.29, 0.717) is 21.5 Å². The third-order valence-electron chi connectivity index (χ3n) is 1.79. The average Bonchev–Trinajstić information content (AvgIpc) is 2.48. The Kier molecular flexibility index (Phi) is 1.81. The summed E-state index contributed by atoms with van der Waals surface area (Å²) >= 11 is 11.8. The molecule has 0 bridgehead atoms. The number of fused-ring (bicyclic) bond motifs is 1. The highest BCUT2D eigenvalue weighted by Gasteiger charge is 2.20. The lowest BCUT2D eigenvalue weighted by molar-refractivity contribution is 0.174. The van der Waals surface area contributed by atoms with Crippen LogP contribution in [0.15, 0.2) is 6.07 Å². The Labute approximate surface area is 80.0 Å². The van der Waals surface area contributed by atoms with Crippen LogP contribution in [0.4, 0.5) is 0 Å². The number of hydrogen-bond acceptors (Lipinski definition) is 2. The predicted molar refractivity (Wildman–Crippen MR) is 47.3 cm³/mol. The van der Waals surface area contributed by atoms with Gasteiger partial charge in [0.05, 0.1) is 5.02 Å². The first-order valence-corrected chi connectivity index (χ1v) is 4.20. The number of ether oxygens (including phenoxy) is 2. The number of benzene rings is 1. The first-order valence-electron chi connectivity index (χ1n) is 3.44. The van der Waals surface area contributed by atoms with Crippen molar-refractivity contribution >= 4 is 23.2 Å². The maximum atomic E-state index is 5.95. The number of hydrogen-bond donors (Lipinski definition) is 0. The molecule has 1 aromatic carbocycles. The Hall–Kier alpha value is -0.600. The molecule has 0 saturated carbocycles. The minimum absolute atomic E-state index is 0.217. The van der Waals surface area contributed by atoms with Crippen molar-refractivity contribution in [2.75, 3.05) is 6.79 Å². The van der Waals surface area contributed by atoms with Crippen LogP contribution in [-0.2, 0) is 0 Å². The Bertz CT molecular complexity index is 336. The second-order valence-electron chi connectivity index (χ2n) is 2.53. The van der Waals surface area contributed by atoms with Crippen LogP contribution in [0.3, 0.4) is 0 Å². The van der Waals surface area contributed by atoms with E-state index in [1.54, 1.807) is 6.07 Å². The molecular formula is C8H6Cl2O2. The highest BCUT2D eigenvalue weighted by atomic mass is 35.5. The molecule has 2 rings (SSSR count). The van der Waals surface area contributed by atoms with Crippen molar-refractivity contribution in [1.29, 1.82) is 0 Å². The Morgan fingerprint density at radius 3 is 2.83 bits per heavy atom. The maximum Gasteiger partial charge on any atom is 0.231 e. The van der Waals surface area contributed by atoms with Crippen LogP contribution < -0.4 is 9.47 Å². The van der Waals surface area contributed by atoms with E-state index in [0.717, 1.165) is 5.56 Å². The molecule has 2 nitrogen and oxygen atoms in total. The Morgan fingerprint density at radius 2 is 2.08 bits per heavy atom. The van der Waals surface area contributed by atoms with E-state index in [2.05, 4.69) is 0 Å². The summed E-state index contributed by atoms with van der Waals surface area (Å²) in [6.07, 6.45) is 0. The van der Waals surface area contributed by atoms with Gasteiger partial charge in [-0.05, 0) is 12.5 Å². The summed E-state index contributed by atoms with van der Waals surface area (Å²) < 4.78 is 10.3. The zero-order valence-corrected chi connectivity index (χ0v) is 7.87. The van der Waals surface area contributed by atoms with E-state index in [1.165, 1.54) is 0 Å². The van der Waals surface area contributed by atoms with E-state index >= 15 is 0 Å². The lowest BCUT2D eigenvalue weighted by atomic mass is 10.2. The van der Waals surface area contributed by atoms with Crippen LogP contribution in [0.2, 0.25) is 10.0 Å². The zero-order chi connectivity index (χ0) is 8.72. The van der Waals surface area contributed by atoms with Crippen molar-refractivity contribution in [3.05, 3.63) is 21.7 Å². The fraction of sp³-hybridized carbons (Fsp3) is 0.250. The van der Waals surface area contributed by atoms with Crippen molar-refractivity contribution in [2.24, 2.45) is 0 Å². The van der Waals surface area contributed by atoms with Crippen molar-refractivity contribution < 1.29 is 9.47 Å². The summed E-state index contributed by atoms with van der Waals surface area (Å²) in [7, 11) is 0. The van der Waals surface area contributed by atoms with Crippen LogP contribution >= 0.6 is 23.2 Å². The van der Waals surface area contributed by atoms with Crippen molar-refractivity contribution in [1.82, 2.24) is 0 Å². The zero-order valence-electron chi connectivity index (χ0n) is 6.36. The lowest BCUT2D eigenvalue weighted by Gasteiger charge is -2.03. The molecule has 0 aliphatic carbocycles. The van der Waals surface area contributed by atoms with Crippen LogP contribution in [0.1, 0.15) is 5.56 Å². The fourth-order valence-electron chi connectivity index (χ4n) is 1.07. The first kappa shape index (κ1) is 8.02. The van der Waals surface area contributed by atoms with Gasteiger partial charge in [0.2, 0.25) is 6.79 Å². The molecule has 0 spiro atoms. The van der Waals surface area contributed by atoms with Crippen LogP contribution in [0, 0.1) is 6.92 Å². The van der Waals surface area contributed by atoms with Gasteiger partial charge in [-0.1, -0.05) is 23.2 Å². The van der Waals surface area contributed by atoms with Crippen LogP contribution in [0.5, 0.6) is 11.5 Å². The largest absolute Gasteiger partial charge is 0.453 e. The molecule has 1 aliphatic rings. The predicted octanol–water partition coefficient (Wildman–Crippen LogP) is 3.03. The summed E-state index contributed by atoms with van der Waals surface area (Å²) in [6.45, 7) is 2.06. The van der Waals surface area contributed by atoms with Gasteiger partial charge in [0, 0.05) is 11.1 Å². The minimum Gasteiger partial charge on any atom is -0.453 e. The van der Waals surface area contributed by atoms with Gasteiger partial charge >= 0.3 is 0 Å². The molecular weight excluding hydrogens is 199 g/mol. The smallest absolute Gasteiger partial charge is 0.231 e. The molecule has 64 valence electrons. The summed E-state index contributed by atoms with van der Waals surface area (Å²) in [5, 5.41) is 1.14. The molecule has 0 radical (unpaired) electrons. The SMILES string of the molecule is Cc1c(Cl)cc2c(c1Cl)OCO2. The third-order valence-corrected chi connectivity index (χ3v) is 2.63. The van der Waals surface area contributed by atoms with Gasteiger partial charge < -0.3 is 9.47 Å². The van der Waals surface area contributed by atoms with Gasteiger partial charge in [-0.3, -0.25) is 0 Å². The molecule has 0 atom stereocenters. The molecule has 0 amide bonds. The quantitative estimate of drug-likeness (QED) is 0.647. The normalized spacial score (nSPS) is 13.6. The Morgan fingerprint density at radius 1 is 1.33 bits per heavy atom. The lowest BCUT2D eigenvalue weighted by Crippen LogP contribution is -1.93. The minimum atomic E-state index is 0.217. The van der Waals surface area contributed by atoms with E-state index in [-0.39, 0.29) is 6.79 Å². The van der Waals surface area contributed by atoms with E-state index in [4.69, 9.17) is 32.7 Å². The van der Waals surface area contributed by atoms with Gasteiger partial charge in [0.15, 0.2) is 11.5 Å². The monoisotopic (exact) mass is 204 g/mol. The van der Waals surface area contributed by atoms with Crippen LogP contribution in [0.25, 0.3) is 0 Å². The van der Waals surface area contributed by atoms with Crippen molar-refractivity contribution in [3.63, 3.8) is 0 Å². The number of rotatable bonds is 0. The van der Waals surface area contributed by atoms with Crippen molar-refractivity contribution in [3.8, 4) is 11.5 Å². The molecule has 0 aromatic heterocycles. The molecule has 0 fully saturated rings. The second kappa shape index (κ2) is 2.71. The third kappa shape index (κ3) is 1.03. The molecule has 0 N–H and O–H groups in total. The molecule has 1 aliphatic heterocycles. The summed E-state index contributed by atoms with van der Waals surface area (Å²) in [5.41, 5.74) is 0.822. The molecule has 1 heterocycles. The summed E-state index contributed by atoms with van der Waals surface area (Å²) in [4.78, 5) is 0. The fourth-order valence-corrected chi connectivity index (χ4v) is 1.56. The highest BCUT2D eigenvalue weighted by Crippen LogP contribution is 2.43. The van der Waals surface area contributed by atoms with Crippen LogP contribution in [-0.4, -0.2) is 6.79 Å². The standard InChI is InChI=1S/C8H6Cl2O2/c1-4-5(9)2-6-8(7(4)10)12-3-11-6/h2H,3H2,1H3. The summed E-state index contributed by atoms with van der Waals surface area (Å²) in [5.74, 6) is 1.22. The maximum absolute atomic E-state index is 5.95. The molecule has 4 heteroatoms. The van der Waals surface area contributed by atoms with Gasteiger partial charge in [0.1, 0.15) is 0 Å². The molecule has 0 unspecified atom stereocenters. The van der Waals surface area contributed by atoms with E-state index < -0.39 is 0 Å². The van der Waals surface area contributed by atoms with Gasteiger partial charge in [-0.2, -0.15) is 0 Å². The van der Waals surface area contributed by atoms with Crippen molar-refractivity contribution in [2.45, 2.75) is 6.92 Å². The van der Waals surface area contributed by atoms with Gasteiger partial charge in [0.25, 0.3) is 0 Å². The van der Waals surface area contributed by atoms with Gasteiger partial charge in [-0.25, -0.2) is 0 Å². The molecule has 12 heavy (non-hydrogen) atoms. The van der Waals surface area contributed by atoms with E-state index in [9.17, 15) is 0 Å². The summed E-state index contributed by atoms with van der Waals surface area (Å²) in [6, 6.07) is 1.71. The highest BCUT2D eigenvalue weighted by molar-refractivity contribution is 6.37. The first-order chi connectivity index (χ1) is 5.70. The Balaban J connectivity index is 2.67. The second-order valence-corrected chi connectivity index (χ2v) is 3.32. The van der Waals surface area contributed by atoms with E-state index in [1.807, 2.05) is 6.92 Å². The topological polar surface area (TPSA) is 18.5 Å². The molecule has 0 saturated heterocycles. The van der Waals surface area contributed by atoms with Gasteiger partial charge in [-0.15, -0.1) is 0 Å². The number of halogens is 2. The molecule has 1 aromatic rings.